The third-order valence-corrected chi connectivity index (χ3v) is 2.30. The van der Waals surface area contributed by atoms with Crippen LogP contribution in [0.3, 0.4) is 0 Å². The Balaban J connectivity index is 4.80. The summed E-state index contributed by atoms with van der Waals surface area (Å²) in [5, 5.41) is 21.8. The average molecular weight is 274 g/mol. The van der Waals surface area contributed by atoms with Crippen LogP contribution >= 0.6 is 0 Å². The van der Waals surface area contributed by atoms with Gasteiger partial charge in [-0.15, -0.1) is 0 Å². The van der Waals surface area contributed by atoms with Crippen LogP contribution in [0.2, 0.25) is 0 Å². The van der Waals surface area contributed by atoms with Crippen molar-refractivity contribution in [2.75, 3.05) is 0 Å². The van der Waals surface area contributed by atoms with Gasteiger partial charge in [0.25, 0.3) is 0 Å². The molecule has 8 heteroatoms. The first-order valence-electron chi connectivity index (χ1n) is 5.67. The molecular formula is C11H18N2O6. The molecule has 2 amide bonds. The van der Waals surface area contributed by atoms with E-state index in [-0.39, 0.29) is 5.92 Å². The molecule has 0 aliphatic rings. The molecule has 0 rings (SSSR count). The van der Waals surface area contributed by atoms with Gasteiger partial charge in [0.1, 0.15) is 12.1 Å². The van der Waals surface area contributed by atoms with Gasteiger partial charge >= 0.3 is 11.9 Å². The van der Waals surface area contributed by atoms with Crippen LogP contribution in [0, 0.1) is 5.92 Å². The second-order valence-electron chi connectivity index (χ2n) is 4.42. The van der Waals surface area contributed by atoms with Crippen LogP contribution in [0.4, 0.5) is 0 Å². The number of carboxylic acid groups (broad SMARTS) is 2. The number of rotatable bonds is 7. The molecule has 0 heterocycles. The zero-order valence-electron chi connectivity index (χ0n) is 11.0. The van der Waals surface area contributed by atoms with Crippen LogP contribution in [-0.4, -0.2) is 46.0 Å². The maximum absolute atomic E-state index is 11.8. The topological polar surface area (TPSA) is 133 Å². The monoisotopic (exact) mass is 274 g/mol. The minimum absolute atomic E-state index is 0.261. The van der Waals surface area contributed by atoms with Gasteiger partial charge in [-0.3, -0.25) is 14.4 Å². The van der Waals surface area contributed by atoms with Crippen molar-refractivity contribution in [3.8, 4) is 0 Å². The van der Waals surface area contributed by atoms with E-state index in [2.05, 4.69) is 10.6 Å². The van der Waals surface area contributed by atoms with Crippen molar-refractivity contribution in [3.05, 3.63) is 0 Å². The van der Waals surface area contributed by atoms with Crippen molar-refractivity contribution in [1.29, 1.82) is 0 Å². The SMILES string of the molecule is CC(=O)NC(C(=O)N[C@H](CC(=O)O)C(=O)O)C(C)C. The summed E-state index contributed by atoms with van der Waals surface area (Å²) in [5.74, 6) is -4.20. The Labute approximate surface area is 110 Å². The second-order valence-corrected chi connectivity index (χ2v) is 4.42. The lowest BCUT2D eigenvalue weighted by Gasteiger charge is -2.22. The molecule has 0 aliphatic carbocycles. The third kappa shape index (κ3) is 6.39. The summed E-state index contributed by atoms with van der Waals surface area (Å²) in [5.41, 5.74) is 0. The molecule has 0 aliphatic heterocycles. The van der Waals surface area contributed by atoms with Crippen LogP contribution in [-0.2, 0) is 19.2 Å². The fraction of sp³-hybridized carbons (Fsp3) is 0.636. The lowest BCUT2D eigenvalue weighted by atomic mass is 10.0. The number of nitrogens with one attached hydrogen (secondary N) is 2. The van der Waals surface area contributed by atoms with Gasteiger partial charge in [0.15, 0.2) is 0 Å². The largest absolute Gasteiger partial charge is 0.481 e. The van der Waals surface area contributed by atoms with Crippen LogP contribution in [0.15, 0.2) is 0 Å². The van der Waals surface area contributed by atoms with Crippen molar-refractivity contribution >= 4 is 23.8 Å². The van der Waals surface area contributed by atoms with E-state index < -0.39 is 42.3 Å². The first-order chi connectivity index (χ1) is 8.65. The van der Waals surface area contributed by atoms with Crippen molar-refractivity contribution < 1.29 is 29.4 Å². The summed E-state index contributed by atoms with van der Waals surface area (Å²) in [4.78, 5) is 44.1. The Hall–Kier alpha value is -2.12. The first-order valence-corrected chi connectivity index (χ1v) is 5.67. The maximum Gasteiger partial charge on any atom is 0.326 e. The zero-order chi connectivity index (χ0) is 15.2. The number of amides is 2. The van der Waals surface area contributed by atoms with Gasteiger partial charge in [-0.2, -0.15) is 0 Å². The Bertz CT molecular complexity index is 379. The van der Waals surface area contributed by atoms with Gasteiger partial charge in [0.2, 0.25) is 11.8 Å². The smallest absolute Gasteiger partial charge is 0.326 e. The predicted octanol–water partition coefficient (Wildman–Crippen LogP) is -0.809. The quantitative estimate of drug-likeness (QED) is 0.480. The molecule has 0 saturated heterocycles. The van der Waals surface area contributed by atoms with E-state index in [1.54, 1.807) is 13.8 Å². The summed E-state index contributed by atoms with van der Waals surface area (Å²) in [6.07, 6.45) is -0.730. The molecule has 4 N–H and O–H groups in total. The Morgan fingerprint density at radius 3 is 1.89 bits per heavy atom. The fourth-order valence-corrected chi connectivity index (χ4v) is 1.39. The number of carboxylic acids is 2. The van der Waals surface area contributed by atoms with Gasteiger partial charge in [-0.25, -0.2) is 4.79 Å². The summed E-state index contributed by atoms with van der Waals surface area (Å²) in [6.45, 7) is 4.58. The maximum atomic E-state index is 11.8. The zero-order valence-corrected chi connectivity index (χ0v) is 11.0. The molecule has 2 atom stereocenters. The van der Waals surface area contributed by atoms with Crippen LogP contribution in [0.1, 0.15) is 27.2 Å². The Morgan fingerprint density at radius 2 is 1.58 bits per heavy atom. The summed E-state index contributed by atoms with van der Waals surface area (Å²) < 4.78 is 0. The lowest BCUT2D eigenvalue weighted by Crippen LogP contribution is -2.53. The van der Waals surface area contributed by atoms with Crippen LogP contribution in [0.25, 0.3) is 0 Å². The molecule has 108 valence electrons. The van der Waals surface area contributed by atoms with E-state index in [9.17, 15) is 19.2 Å². The third-order valence-electron chi connectivity index (χ3n) is 2.30. The molecule has 0 fully saturated rings. The minimum atomic E-state index is -1.53. The Morgan fingerprint density at radius 1 is 1.05 bits per heavy atom. The van der Waals surface area contributed by atoms with Gasteiger partial charge in [0, 0.05) is 6.92 Å². The van der Waals surface area contributed by atoms with Crippen LogP contribution in [0.5, 0.6) is 0 Å². The standard InChI is InChI=1S/C11H18N2O6/c1-5(2)9(12-6(3)14)10(17)13-7(11(18)19)4-8(15)16/h5,7,9H,4H2,1-3H3,(H,12,14)(H,13,17)(H,15,16)(H,18,19)/t7-,9?/m1/s1. The molecule has 8 nitrogen and oxygen atoms in total. The highest BCUT2D eigenvalue weighted by Crippen LogP contribution is 2.03. The van der Waals surface area contributed by atoms with Crippen LogP contribution < -0.4 is 10.6 Å². The predicted molar refractivity (Wildman–Crippen MR) is 64.3 cm³/mol. The number of aliphatic carboxylic acids is 2. The highest BCUT2D eigenvalue weighted by Gasteiger charge is 2.29. The van der Waals surface area contributed by atoms with E-state index >= 15 is 0 Å². The van der Waals surface area contributed by atoms with Gasteiger partial charge < -0.3 is 20.8 Å². The highest BCUT2D eigenvalue weighted by atomic mass is 16.4. The minimum Gasteiger partial charge on any atom is -0.481 e. The number of hydrogen-bond acceptors (Lipinski definition) is 4. The van der Waals surface area contributed by atoms with Gasteiger partial charge in [-0.1, -0.05) is 13.8 Å². The Kier molecular flexibility index (Phi) is 6.53. The second kappa shape index (κ2) is 7.34. The normalized spacial score (nSPS) is 13.5. The van der Waals surface area contributed by atoms with E-state index in [1.165, 1.54) is 6.92 Å². The summed E-state index contributed by atoms with van der Waals surface area (Å²) >= 11 is 0. The molecule has 0 radical (unpaired) electrons. The van der Waals surface area contributed by atoms with E-state index in [0.29, 0.717) is 0 Å². The number of carbonyl (C=O) groups is 4. The molecular weight excluding hydrogens is 256 g/mol. The molecule has 0 spiro atoms. The molecule has 1 unspecified atom stereocenters. The summed E-state index contributed by atoms with van der Waals surface area (Å²) in [6, 6.07) is -2.44. The van der Waals surface area contributed by atoms with Gasteiger partial charge in [-0.05, 0) is 5.92 Å². The van der Waals surface area contributed by atoms with Crippen molar-refractivity contribution in [1.82, 2.24) is 10.6 Å². The average Bonchev–Trinajstić information content (AvgIpc) is 2.23. The molecule has 0 aromatic carbocycles. The molecule has 0 aromatic rings. The fourth-order valence-electron chi connectivity index (χ4n) is 1.39. The van der Waals surface area contributed by atoms with Crippen molar-refractivity contribution in [2.24, 2.45) is 5.92 Å². The molecule has 0 aromatic heterocycles. The highest BCUT2D eigenvalue weighted by molar-refractivity contribution is 5.91. The van der Waals surface area contributed by atoms with Crippen molar-refractivity contribution in [3.63, 3.8) is 0 Å². The van der Waals surface area contributed by atoms with Crippen molar-refractivity contribution in [2.45, 2.75) is 39.3 Å². The lowest BCUT2D eigenvalue weighted by molar-refractivity contribution is -0.147. The van der Waals surface area contributed by atoms with Gasteiger partial charge in [0.05, 0.1) is 6.42 Å². The summed E-state index contributed by atoms with van der Waals surface area (Å²) in [7, 11) is 0. The molecule has 0 bridgehead atoms. The number of carbonyl (C=O) groups excluding carboxylic acids is 2. The first kappa shape index (κ1) is 16.9. The number of hydrogen-bond donors (Lipinski definition) is 4. The van der Waals surface area contributed by atoms with E-state index in [4.69, 9.17) is 10.2 Å². The molecule has 0 saturated carbocycles. The van der Waals surface area contributed by atoms with E-state index in [1.807, 2.05) is 0 Å². The van der Waals surface area contributed by atoms with E-state index in [0.717, 1.165) is 0 Å². The molecule has 19 heavy (non-hydrogen) atoms.